The highest BCUT2D eigenvalue weighted by Crippen LogP contribution is 2.61. The van der Waals surface area contributed by atoms with E-state index >= 15 is 0 Å². The topological polar surface area (TPSA) is 112 Å². The average molecular weight is 1620 g/mol. The number of benzene rings is 2. The van der Waals surface area contributed by atoms with Crippen molar-refractivity contribution in [1.29, 1.82) is 0 Å². The van der Waals surface area contributed by atoms with Crippen LogP contribution in [0.25, 0.3) is 0 Å². The molecule has 2 aromatic carbocycles. The van der Waals surface area contributed by atoms with Gasteiger partial charge in [0.1, 0.15) is 12.9 Å². The third-order valence-electron chi connectivity index (χ3n) is 31.5. The van der Waals surface area contributed by atoms with Gasteiger partial charge in [-0.1, -0.05) is 257 Å². The summed E-state index contributed by atoms with van der Waals surface area (Å²) in [7, 11) is -10.4. The number of carbonyl (C=O) groups is 1. The fraction of sp³-hybridized carbons (Fsp3) is 0.765. The summed E-state index contributed by atoms with van der Waals surface area (Å²) in [6.07, 6.45) is 39.8. The summed E-state index contributed by atoms with van der Waals surface area (Å²) < 4.78 is 42.7. The van der Waals surface area contributed by atoms with Crippen molar-refractivity contribution < 1.29 is 37.3 Å². The minimum Gasteiger partial charge on any atom is -0.414 e. The minimum absolute atomic E-state index is 0.137. The monoisotopic (exact) mass is 1620 g/mol. The highest BCUT2D eigenvalue weighted by atomic mass is 31.2. The van der Waals surface area contributed by atoms with Gasteiger partial charge in [-0.2, -0.15) is 0 Å². The van der Waals surface area contributed by atoms with Crippen molar-refractivity contribution in [2.45, 2.75) is 402 Å². The molecule has 628 valence electrons. The number of rotatable bonds is 17. The van der Waals surface area contributed by atoms with Crippen LogP contribution >= 0.6 is 7.14 Å². The first kappa shape index (κ1) is 94.2. The molecule has 2 aromatic rings. The van der Waals surface area contributed by atoms with Gasteiger partial charge >= 0.3 is 0 Å². The molecule has 13 heteroatoms. The number of hydrogen-bond donors (Lipinski definition) is 2. The fourth-order valence-corrected chi connectivity index (χ4v) is 29.2. The SMILES string of the molecule is CC(C)(C)[Si](C)(C)O[C@@H]1CC(=CCP(=O)(c2ccccc2)c2ccccc2)C[C@@H](O[Si](C)(C)C(C)(C)C)C1.CC(C)[C@H]1CC[C@H]2/C(=C/C=C3C[C@@H](O)C[C@H](O)C3)CCC[C@]12C.CC(C)[C@H]1CC[C@H]2/C(=C/C=C3C[C@@H](O[Si](C)(C)C(C)(C)C)C[C@H](O[Si](C)(C)C(C)(C)C)C3)CCC[C@]12C.CC(C)[C@H]1CC[C@H]2C(=O)CCCC12. The molecule has 8 nitrogen and oxygen atoms in total. The van der Waals surface area contributed by atoms with E-state index < -0.39 is 40.4 Å². The van der Waals surface area contributed by atoms with Crippen LogP contribution in [0.5, 0.6) is 0 Å². The third-order valence-corrected chi connectivity index (χ3v) is 52.6. The lowest BCUT2D eigenvalue weighted by atomic mass is 9.61. The van der Waals surface area contributed by atoms with Crippen LogP contribution in [-0.2, 0) is 27.1 Å². The van der Waals surface area contributed by atoms with E-state index in [1.807, 2.05) is 60.7 Å². The van der Waals surface area contributed by atoms with Crippen molar-refractivity contribution in [3.8, 4) is 0 Å². The summed E-state index contributed by atoms with van der Waals surface area (Å²) in [5, 5.41) is 22.3. The van der Waals surface area contributed by atoms with Gasteiger partial charge in [0.05, 0.1) is 36.6 Å². The van der Waals surface area contributed by atoms with E-state index in [9.17, 15) is 19.6 Å². The Bertz CT molecular complexity index is 3400. The minimum atomic E-state index is -2.81. The molecule has 9 aliphatic rings. The quantitative estimate of drug-likeness (QED) is 0.0915. The van der Waals surface area contributed by atoms with Gasteiger partial charge in [-0.25, -0.2) is 0 Å². The van der Waals surface area contributed by atoms with Crippen molar-refractivity contribution in [1.82, 2.24) is 0 Å². The van der Waals surface area contributed by atoms with Crippen LogP contribution < -0.4 is 10.6 Å². The molecule has 0 saturated heterocycles. The number of aliphatic hydroxyl groups is 2. The van der Waals surface area contributed by atoms with Gasteiger partial charge < -0.3 is 32.5 Å². The van der Waals surface area contributed by atoms with Crippen molar-refractivity contribution in [3.63, 3.8) is 0 Å². The van der Waals surface area contributed by atoms with Crippen LogP contribution in [0.3, 0.4) is 0 Å². The van der Waals surface area contributed by atoms with E-state index in [0.717, 1.165) is 128 Å². The maximum absolute atomic E-state index is 14.6. The van der Waals surface area contributed by atoms with Gasteiger partial charge in [0, 0.05) is 29.1 Å². The molecule has 9 aliphatic carbocycles. The van der Waals surface area contributed by atoms with E-state index in [0.29, 0.717) is 35.1 Å². The second kappa shape index (κ2) is 37.9. The number of aliphatic hydroxyl groups excluding tert-OH is 2. The molecular formula is C98H167O8PSi4. The molecule has 9 saturated carbocycles. The normalized spacial score (nSPS) is 31.5. The predicted octanol–water partition coefficient (Wildman–Crippen LogP) is 27.2. The second-order valence-electron chi connectivity index (χ2n) is 44.6. The second-order valence-corrected chi connectivity index (χ2v) is 66.5. The lowest BCUT2D eigenvalue weighted by molar-refractivity contribution is -0.126. The number of allylic oxidation sites excluding steroid dienone is 7. The van der Waals surface area contributed by atoms with E-state index in [1.54, 1.807) is 16.7 Å². The Morgan fingerprint density at radius 3 is 1.16 bits per heavy atom. The van der Waals surface area contributed by atoms with Crippen molar-refractivity contribution in [2.24, 2.45) is 70.0 Å². The molecule has 11 rings (SSSR count). The predicted molar refractivity (Wildman–Crippen MR) is 486 cm³/mol. The third kappa shape index (κ3) is 23.8. The van der Waals surface area contributed by atoms with E-state index in [2.05, 4.69) is 221 Å². The summed E-state index contributed by atoms with van der Waals surface area (Å²) in [6, 6.07) is 20.0. The van der Waals surface area contributed by atoms with Gasteiger partial charge in [-0.05, 0) is 284 Å². The maximum atomic E-state index is 14.6. The van der Waals surface area contributed by atoms with Crippen molar-refractivity contribution in [2.75, 3.05) is 6.16 Å². The molecule has 0 aromatic heterocycles. The first-order valence-corrected chi connectivity index (χ1v) is 58.6. The first-order chi connectivity index (χ1) is 51.3. The van der Waals surface area contributed by atoms with Gasteiger partial charge in [0.15, 0.2) is 33.3 Å². The number of carbonyl (C=O) groups excluding carboxylic acids is 1. The zero-order valence-corrected chi connectivity index (χ0v) is 81.3. The zero-order valence-electron chi connectivity index (χ0n) is 76.4. The summed E-state index contributed by atoms with van der Waals surface area (Å²) in [4.78, 5) is 11.6. The Kier molecular flexibility index (Phi) is 32.2. The van der Waals surface area contributed by atoms with Gasteiger partial charge in [-0.15, -0.1) is 0 Å². The summed E-state index contributed by atoms with van der Waals surface area (Å²) in [5.41, 5.74) is 8.46. The molecule has 0 heterocycles. The van der Waals surface area contributed by atoms with E-state index in [1.165, 1.54) is 94.6 Å². The van der Waals surface area contributed by atoms with Crippen molar-refractivity contribution >= 4 is 56.8 Å². The van der Waals surface area contributed by atoms with Crippen LogP contribution in [0, 0.1) is 70.0 Å². The number of fused-ring (bicyclic) bond motifs is 3. The first-order valence-electron chi connectivity index (χ1n) is 45.1. The standard InChI is InChI=1S/C33H62O2Si2.C32H51O3PSi2.C21H34O2.C12H20O/c1-24(2)29-18-19-30-26(15-14-20-33(29,30)9)17-16-25-21-27(34-36(10,11)31(3,4)5)23-28(22-25)35-37(12,13)32(6,7)8;1-31(2,3)37(7,8)34-27-23-26(24-28(25-27)35-38(9,10)32(4,5)6)21-22-36(33,29-17-13-11-14-18-29)30-19-15-12-16-20-30;1-14(2)19-8-9-20-16(5-4-10-21(19,20)3)7-6-15-11-17(22)13-18(23)12-15;1-8(2)9-6-7-11-10(9)4-3-5-12(11)13/h16-17,24,27-30H,14-15,18-23H2,1-13H3;11-21,27-28H,22-25H2,1-10H3;6-7,14,17-20,22-23H,4-5,8-13H2,1-3H3;8-11H,3-7H2,1-2H3/b26-17+;;16-7+;/t27-,28-,29-,30+,33-;27-,28-;17-,18-,19-,20+,21-;9-,10?,11-/m1111/s1. The molecule has 0 aliphatic heterocycles. The van der Waals surface area contributed by atoms with Gasteiger partial charge in [0.2, 0.25) is 0 Å². The molecule has 1 unspecified atom stereocenters. The number of ketones is 1. The molecule has 9 fully saturated rings. The highest BCUT2D eigenvalue weighted by molar-refractivity contribution is 7.78. The van der Waals surface area contributed by atoms with Crippen LogP contribution in [0.1, 0.15) is 293 Å². The molecular weight excluding hydrogens is 1450 g/mol. The van der Waals surface area contributed by atoms with Crippen molar-refractivity contribution in [3.05, 3.63) is 119 Å². The Morgan fingerprint density at radius 2 is 0.811 bits per heavy atom. The Morgan fingerprint density at radius 1 is 0.450 bits per heavy atom. The molecule has 0 bridgehead atoms. The molecule has 0 radical (unpaired) electrons. The summed E-state index contributed by atoms with van der Waals surface area (Å²) >= 11 is 0. The lowest BCUT2D eigenvalue weighted by Crippen LogP contribution is -2.48. The molecule has 2 N–H and O–H groups in total. The highest BCUT2D eigenvalue weighted by Gasteiger charge is 2.53. The molecule has 111 heavy (non-hydrogen) atoms. The molecule has 0 spiro atoms. The number of hydrogen-bond acceptors (Lipinski definition) is 8. The fourth-order valence-electron chi connectivity index (χ4n) is 21.2. The van der Waals surface area contributed by atoms with E-state index in [-0.39, 0.29) is 56.8 Å². The average Bonchev–Trinajstić information content (AvgIpc) is 1.48. The Balaban J connectivity index is 0.000000197. The van der Waals surface area contributed by atoms with Crippen LogP contribution in [0.15, 0.2) is 119 Å². The number of Topliss-reactive ketones (excluding diaryl/α,β-unsaturated/α-hetero) is 1. The maximum Gasteiger partial charge on any atom is 0.192 e. The Hall–Kier alpha value is -2.33. The van der Waals surface area contributed by atoms with Gasteiger partial charge in [0.25, 0.3) is 0 Å². The lowest BCUT2D eigenvalue weighted by Gasteiger charge is -2.45. The van der Waals surface area contributed by atoms with Crippen LogP contribution in [0.4, 0.5) is 0 Å². The van der Waals surface area contributed by atoms with E-state index in [4.69, 9.17) is 17.7 Å². The summed E-state index contributed by atoms with van der Waals surface area (Å²) in [6.45, 7) is 66.4. The van der Waals surface area contributed by atoms with Gasteiger partial charge in [-0.3, -0.25) is 4.79 Å². The molecule has 0 amide bonds. The van der Waals surface area contributed by atoms with Crippen LogP contribution in [0.2, 0.25) is 72.5 Å². The zero-order chi connectivity index (χ0) is 82.5. The molecule has 15 atom stereocenters. The largest absolute Gasteiger partial charge is 0.414 e. The smallest absolute Gasteiger partial charge is 0.192 e. The Labute approximate surface area is 686 Å². The summed E-state index contributed by atoms with van der Waals surface area (Å²) in [5.74, 6) is 8.26. The van der Waals surface area contributed by atoms with Crippen LogP contribution in [-0.4, -0.2) is 92.1 Å².